The molecule has 0 aromatic heterocycles. The molecule has 20 atom stereocenters. The molecule has 0 radical (unpaired) electrons. The fourth-order valence-electron chi connectivity index (χ4n) is 9.54. The maximum absolute atomic E-state index is 12.5. The predicted molar refractivity (Wildman–Crippen MR) is 262 cm³/mol. The van der Waals surface area contributed by atoms with Crippen LogP contribution in [-0.2, 0) is 98.8 Å². The third kappa shape index (κ3) is 16.6. The minimum Gasteiger partial charge on any atom is -0.463 e. The summed E-state index contributed by atoms with van der Waals surface area (Å²) in [6, 6.07) is 16.5. The van der Waals surface area contributed by atoms with Crippen molar-refractivity contribution in [3.63, 3.8) is 0 Å². The molecule has 2 amide bonds. The lowest BCUT2D eigenvalue weighted by Crippen LogP contribution is -2.70. The zero-order valence-corrected chi connectivity index (χ0v) is 44.6. The average molecular weight is 1110 g/mol. The molecule has 0 bridgehead atoms. The molecule has 0 saturated carbocycles. The summed E-state index contributed by atoms with van der Waals surface area (Å²) >= 11 is 0. The van der Waals surface area contributed by atoms with Gasteiger partial charge in [0, 0.05) is 40.5 Å². The van der Waals surface area contributed by atoms with Crippen LogP contribution < -0.4 is 10.6 Å². The second-order valence-corrected chi connectivity index (χ2v) is 19.8. The molecule has 8 unspecified atom stereocenters. The van der Waals surface area contributed by atoms with Gasteiger partial charge in [-0.2, -0.15) is 0 Å². The predicted octanol–water partition coefficient (Wildman–Crippen LogP) is -1.27. The highest BCUT2D eigenvalue weighted by Crippen LogP contribution is 2.39. The number of carbonyl (C=O) groups is 5. The summed E-state index contributed by atoms with van der Waals surface area (Å²) in [6.45, 7) is 10.3. The number of benzene rings is 2. The second-order valence-electron chi connectivity index (χ2n) is 19.8. The lowest BCUT2D eigenvalue weighted by molar-refractivity contribution is -0.392. The van der Waals surface area contributed by atoms with E-state index in [1.54, 1.807) is 20.8 Å². The number of hydrogen-bond donors (Lipinski definition) is 8. The quantitative estimate of drug-likeness (QED) is 0.0637. The van der Waals surface area contributed by atoms with E-state index in [-0.39, 0.29) is 32.3 Å². The molecule has 5 saturated heterocycles. The van der Waals surface area contributed by atoms with Gasteiger partial charge in [0.05, 0.1) is 33.0 Å². The molecule has 5 aliphatic rings. The Morgan fingerprint density at radius 2 is 1.06 bits per heavy atom. The van der Waals surface area contributed by atoms with Gasteiger partial charge in [-0.15, -0.1) is 0 Å². The summed E-state index contributed by atoms with van der Waals surface area (Å²) in [5.41, 5.74) is 1.68. The fourth-order valence-corrected chi connectivity index (χ4v) is 9.54. The summed E-state index contributed by atoms with van der Waals surface area (Å²) in [7, 11) is 0. The molecule has 0 aliphatic carbocycles. The molecule has 78 heavy (non-hydrogen) atoms. The molecule has 5 aliphatic heterocycles. The maximum atomic E-state index is 12.5. The first kappa shape index (κ1) is 62.3. The Morgan fingerprint density at radius 1 is 0.577 bits per heavy atom. The van der Waals surface area contributed by atoms with Crippen molar-refractivity contribution < 1.29 is 116 Å². The zero-order valence-electron chi connectivity index (χ0n) is 44.6. The Kier molecular flexibility index (Phi) is 22.8. The van der Waals surface area contributed by atoms with Crippen LogP contribution >= 0.6 is 0 Å². The highest BCUT2D eigenvalue weighted by atomic mass is 16.8. The highest BCUT2D eigenvalue weighted by Gasteiger charge is 2.57. The van der Waals surface area contributed by atoms with Gasteiger partial charge in [-0.05, 0) is 25.0 Å². The summed E-state index contributed by atoms with van der Waals surface area (Å²) in [6.07, 6.45) is -20.7. The topological polar surface area (TPSA) is 351 Å². The van der Waals surface area contributed by atoms with E-state index in [1.807, 2.05) is 60.7 Å². The fraction of sp³-hybridized carbons (Fsp3) is 0.673. The van der Waals surface area contributed by atoms with Crippen molar-refractivity contribution >= 4 is 29.7 Å². The maximum Gasteiger partial charge on any atom is 0.303 e. The average Bonchev–Trinajstić information content (AvgIpc) is 3.56. The molecule has 2 aromatic rings. The molecule has 26 nitrogen and oxygen atoms in total. The molecular weight excluding hydrogens is 1040 g/mol. The van der Waals surface area contributed by atoms with E-state index < -0.39 is 165 Å². The van der Waals surface area contributed by atoms with Crippen molar-refractivity contribution in [2.45, 2.75) is 191 Å². The Balaban J connectivity index is 0.000000265. The van der Waals surface area contributed by atoms with E-state index in [0.29, 0.717) is 0 Å². The largest absolute Gasteiger partial charge is 0.463 e. The lowest BCUT2D eigenvalue weighted by Gasteiger charge is -2.52. The van der Waals surface area contributed by atoms with Crippen molar-refractivity contribution in [3.8, 4) is 0 Å². The molecule has 7 rings (SSSR count). The van der Waals surface area contributed by atoms with Crippen LogP contribution in [0.4, 0.5) is 0 Å². The van der Waals surface area contributed by atoms with Crippen molar-refractivity contribution in [2.24, 2.45) is 5.92 Å². The number of carbonyl (C=O) groups excluding carboxylic acids is 5. The Labute approximate surface area is 450 Å². The van der Waals surface area contributed by atoms with E-state index in [2.05, 4.69) is 10.6 Å². The molecular formula is C52H74N2O24. The SMILES string of the molecule is CC(=O)NC1[C@H](OCc2ccccc2)OC(CO)[C@@H](O)[C@@H]1O[C@@H]1OC(CO)[C@H](O)[C@H](O)C1O.CC(=O)NC1[C@H](OCc2ccccc2)OC2COC(C)(C)O[C@H]2[C@@H]1O[C@@H]1OC(COC(C)=O)[C@H](OC(C)=O)[C@H](C)C1OC(C)=O. The van der Waals surface area contributed by atoms with Gasteiger partial charge in [-0.25, -0.2) is 0 Å². The summed E-state index contributed by atoms with van der Waals surface area (Å²) in [5, 5.41) is 65.7. The van der Waals surface area contributed by atoms with Crippen molar-refractivity contribution in [1.82, 2.24) is 10.6 Å². The van der Waals surface area contributed by atoms with Crippen LogP contribution in [0.15, 0.2) is 60.7 Å². The number of rotatable bonds is 18. The number of fused-ring (bicyclic) bond motifs is 1. The van der Waals surface area contributed by atoms with E-state index in [9.17, 15) is 54.6 Å². The number of nitrogens with one attached hydrogen (secondary N) is 2. The Bertz CT molecular complexity index is 2240. The van der Waals surface area contributed by atoms with E-state index in [0.717, 1.165) is 11.1 Å². The molecule has 436 valence electrons. The summed E-state index contributed by atoms with van der Waals surface area (Å²) < 4.78 is 76.5. The van der Waals surface area contributed by atoms with Gasteiger partial charge in [0.1, 0.15) is 91.9 Å². The van der Waals surface area contributed by atoms with Gasteiger partial charge in [-0.3, -0.25) is 24.0 Å². The monoisotopic (exact) mass is 1110 g/mol. The molecule has 0 spiro atoms. The van der Waals surface area contributed by atoms with E-state index in [4.69, 9.17) is 61.6 Å². The first-order valence-corrected chi connectivity index (χ1v) is 25.5. The molecule has 5 fully saturated rings. The van der Waals surface area contributed by atoms with Crippen molar-refractivity contribution in [1.29, 1.82) is 0 Å². The van der Waals surface area contributed by atoms with Crippen LogP contribution in [0.25, 0.3) is 0 Å². The number of hydrogen-bond acceptors (Lipinski definition) is 24. The van der Waals surface area contributed by atoms with E-state index >= 15 is 0 Å². The zero-order chi connectivity index (χ0) is 57.0. The third-order valence-electron chi connectivity index (χ3n) is 13.2. The summed E-state index contributed by atoms with van der Waals surface area (Å²) in [4.78, 5) is 60.4. The van der Waals surface area contributed by atoms with Crippen LogP contribution in [0, 0.1) is 5.92 Å². The minimum absolute atomic E-state index is 0.0859. The second kappa shape index (κ2) is 28.5. The normalized spacial score (nSPS) is 36.3. The van der Waals surface area contributed by atoms with Crippen LogP contribution in [0.1, 0.15) is 66.5 Å². The first-order valence-electron chi connectivity index (χ1n) is 25.5. The number of ether oxygens (including phenoxy) is 13. The first-order chi connectivity index (χ1) is 37.0. The standard InChI is InChI=1S/C31H43NO13.C21H31NO11/c1-16-25(40-19(4)35)22(14-37-18(3)34)43-30(26(16)41-20(5)36)44-28-24(32-17(2)33)29(38-13-21-11-9-8-10-12-21)42-23-15-39-31(6,7)45-27(23)28;1-10(25)22-14-19(33-21-18(29)17(28)15(26)12(7-23)32-21)16(27)13(8-24)31-20(14)30-9-11-5-3-2-4-6-11/h8-12,16,22-30H,13-15H2,1-7H3,(H,32,33);2-6,12-21,23-24,26-29H,7-9H2,1H3,(H,22,25)/t16-,22?,23?,24?,25+,26?,27+,28+,29+,30-;12?,13?,14?,15-,16+,17-,18?,19+,20+,21-/m00/s1. The van der Waals surface area contributed by atoms with Crippen LogP contribution in [0.5, 0.6) is 0 Å². The van der Waals surface area contributed by atoms with Gasteiger partial charge in [-0.1, -0.05) is 67.6 Å². The van der Waals surface area contributed by atoms with Gasteiger partial charge < -0.3 is 103 Å². The van der Waals surface area contributed by atoms with Gasteiger partial charge in [0.25, 0.3) is 0 Å². The third-order valence-corrected chi connectivity index (χ3v) is 13.2. The van der Waals surface area contributed by atoms with Crippen molar-refractivity contribution in [2.75, 3.05) is 26.4 Å². The van der Waals surface area contributed by atoms with Crippen LogP contribution in [0.3, 0.4) is 0 Å². The lowest BCUT2D eigenvalue weighted by atomic mass is 9.89. The minimum atomic E-state index is -1.73. The Hall–Kier alpha value is -4.85. The summed E-state index contributed by atoms with van der Waals surface area (Å²) in [5.74, 6) is -4.36. The smallest absolute Gasteiger partial charge is 0.303 e. The number of aliphatic hydroxyl groups is 6. The molecule has 2 aromatic carbocycles. The molecule has 8 N–H and O–H groups in total. The van der Waals surface area contributed by atoms with Crippen molar-refractivity contribution in [3.05, 3.63) is 71.8 Å². The Morgan fingerprint density at radius 3 is 1.59 bits per heavy atom. The molecule has 26 heteroatoms. The van der Waals surface area contributed by atoms with Gasteiger partial charge in [0.2, 0.25) is 11.8 Å². The number of aliphatic hydroxyl groups excluding tert-OH is 6. The van der Waals surface area contributed by atoms with E-state index in [1.165, 1.54) is 34.6 Å². The number of esters is 3. The molecule has 5 heterocycles. The van der Waals surface area contributed by atoms with Crippen LogP contribution in [0.2, 0.25) is 0 Å². The van der Waals surface area contributed by atoms with Crippen LogP contribution in [-0.4, -0.2) is 209 Å². The highest BCUT2D eigenvalue weighted by molar-refractivity contribution is 5.73. The number of amides is 2. The van der Waals surface area contributed by atoms with Gasteiger partial charge in [0.15, 0.2) is 37.1 Å². The van der Waals surface area contributed by atoms with Gasteiger partial charge >= 0.3 is 17.9 Å².